The quantitative estimate of drug-likeness (QED) is 0.388. The fourth-order valence-corrected chi connectivity index (χ4v) is 2.62. The summed E-state index contributed by atoms with van der Waals surface area (Å²) in [5.74, 6) is 0.0611. The van der Waals surface area contributed by atoms with Crippen LogP contribution in [0.2, 0.25) is 5.02 Å². The van der Waals surface area contributed by atoms with E-state index in [0.717, 1.165) is 31.8 Å². The Balaban J connectivity index is 2.10. The molecular formula is C14H20ClN3O2. The Labute approximate surface area is 124 Å². The lowest BCUT2D eigenvalue weighted by Crippen LogP contribution is -2.47. The van der Waals surface area contributed by atoms with Gasteiger partial charge in [-0.25, -0.2) is 0 Å². The number of amidine groups is 1. The average Bonchev–Trinajstić information content (AvgIpc) is 2.39. The molecule has 0 aliphatic carbocycles. The first-order valence-corrected chi connectivity index (χ1v) is 6.92. The van der Waals surface area contributed by atoms with Crippen molar-refractivity contribution in [1.82, 2.24) is 4.90 Å². The van der Waals surface area contributed by atoms with E-state index in [1.54, 1.807) is 6.07 Å². The minimum atomic E-state index is -0.126. The standard InChI is InChI=1S/C14H20ClN3O2/c1-14(2)9-18(5-6-20-14)8-11-4-3-10(7-12(11)15)13(16)17-19/h3-4,7,19H,5-6,8-9H2,1-2H3,(H2,16,17). The molecular weight excluding hydrogens is 278 g/mol. The number of halogens is 1. The number of oxime groups is 1. The zero-order valence-electron chi connectivity index (χ0n) is 11.8. The monoisotopic (exact) mass is 297 g/mol. The minimum Gasteiger partial charge on any atom is -0.409 e. The molecule has 1 aromatic rings. The van der Waals surface area contributed by atoms with Gasteiger partial charge in [0.25, 0.3) is 0 Å². The zero-order chi connectivity index (χ0) is 14.8. The van der Waals surface area contributed by atoms with E-state index in [1.165, 1.54) is 0 Å². The van der Waals surface area contributed by atoms with Crippen LogP contribution >= 0.6 is 11.6 Å². The first-order chi connectivity index (χ1) is 9.41. The molecule has 6 heteroatoms. The number of hydrogen-bond donors (Lipinski definition) is 2. The molecule has 3 N–H and O–H groups in total. The average molecular weight is 298 g/mol. The van der Waals surface area contributed by atoms with E-state index in [1.807, 2.05) is 12.1 Å². The smallest absolute Gasteiger partial charge is 0.170 e. The topological polar surface area (TPSA) is 71.1 Å². The summed E-state index contributed by atoms with van der Waals surface area (Å²) in [5, 5.41) is 12.3. The maximum atomic E-state index is 8.66. The molecule has 0 aromatic heterocycles. The van der Waals surface area contributed by atoms with E-state index in [0.29, 0.717) is 10.6 Å². The molecule has 1 fully saturated rings. The Morgan fingerprint density at radius 1 is 1.55 bits per heavy atom. The number of rotatable bonds is 3. The molecule has 0 bridgehead atoms. The van der Waals surface area contributed by atoms with Crippen LogP contribution in [0.1, 0.15) is 25.0 Å². The van der Waals surface area contributed by atoms with Crippen molar-refractivity contribution in [2.75, 3.05) is 19.7 Å². The molecule has 0 amide bonds. The normalized spacial score (nSPS) is 20.1. The highest BCUT2D eigenvalue weighted by atomic mass is 35.5. The number of nitrogens with two attached hydrogens (primary N) is 1. The predicted octanol–water partition coefficient (Wildman–Crippen LogP) is 2.05. The van der Waals surface area contributed by atoms with Crippen molar-refractivity contribution in [3.8, 4) is 0 Å². The number of ether oxygens (including phenoxy) is 1. The van der Waals surface area contributed by atoms with Crippen molar-refractivity contribution in [3.63, 3.8) is 0 Å². The molecule has 20 heavy (non-hydrogen) atoms. The Morgan fingerprint density at radius 3 is 2.90 bits per heavy atom. The van der Waals surface area contributed by atoms with Gasteiger partial charge in [0.15, 0.2) is 5.84 Å². The van der Waals surface area contributed by atoms with Gasteiger partial charge in [0.2, 0.25) is 0 Å². The van der Waals surface area contributed by atoms with Crippen molar-refractivity contribution >= 4 is 17.4 Å². The Bertz CT molecular complexity index is 517. The van der Waals surface area contributed by atoms with Crippen molar-refractivity contribution in [3.05, 3.63) is 34.3 Å². The molecule has 0 unspecified atom stereocenters. The van der Waals surface area contributed by atoms with Crippen LogP contribution in [0.3, 0.4) is 0 Å². The van der Waals surface area contributed by atoms with Crippen LogP contribution in [0.25, 0.3) is 0 Å². The van der Waals surface area contributed by atoms with Crippen molar-refractivity contribution in [2.45, 2.75) is 26.0 Å². The van der Waals surface area contributed by atoms with Gasteiger partial charge in [-0.15, -0.1) is 0 Å². The summed E-state index contributed by atoms with van der Waals surface area (Å²) in [4.78, 5) is 2.31. The van der Waals surface area contributed by atoms with Gasteiger partial charge in [-0.1, -0.05) is 28.9 Å². The van der Waals surface area contributed by atoms with Crippen molar-refractivity contribution in [1.29, 1.82) is 0 Å². The number of hydrogen-bond acceptors (Lipinski definition) is 4. The lowest BCUT2D eigenvalue weighted by atomic mass is 10.1. The van der Waals surface area contributed by atoms with E-state index < -0.39 is 0 Å². The van der Waals surface area contributed by atoms with Crippen LogP contribution in [-0.2, 0) is 11.3 Å². The molecule has 1 aliphatic rings. The molecule has 0 radical (unpaired) electrons. The maximum Gasteiger partial charge on any atom is 0.170 e. The second-order valence-electron chi connectivity index (χ2n) is 5.61. The van der Waals surface area contributed by atoms with Gasteiger partial charge in [0, 0.05) is 30.2 Å². The van der Waals surface area contributed by atoms with Crippen molar-refractivity contribution in [2.24, 2.45) is 10.9 Å². The first-order valence-electron chi connectivity index (χ1n) is 6.54. The molecule has 0 atom stereocenters. The van der Waals surface area contributed by atoms with E-state index >= 15 is 0 Å². The van der Waals surface area contributed by atoms with Crippen molar-refractivity contribution < 1.29 is 9.94 Å². The Morgan fingerprint density at radius 2 is 2.30 bits per heavy atom. The van der Waals surface area contributed by atoms with E-state index in [-0.39, 0.29) is 11.4 Å². The van der Waals surface area contributed by atoms with Crippen LogP contribution in [0.5, 0.6) is 0 Å². The summed E-state index contributed by atoms with van der Waals surface area (Å²) in [6.07, 6.45) is 0. The van der Waals surface area contributed by atoms with E-state index in [2.05, 4.69) is 23.9 Å². The minimum absolute atomic E-state index is 0.0611. The third-order valence-corrected chi connectivity index (χ3v) is 3.71. The van der Waals surface area contributed by atoms with E-state index in [4.69, 9.17) is 27.3 Å². The summed E-state index contributed by atoms with van der Waals surface area (Å²) in [5.41, 5.74) is 7.06. The second-order valence-corrected chi connectivity index (χ2v) is 6.02. The van der Waals surface area contributed by atoms with Crippen LogP contribution in [0.4, 0.5) is 0 Å². The Kier molecular flexibility index (Phi) is 4.52. The molecule has 1 heterocycles. The van der Waals surface area contributed by atoms with Gasteiger partial charge < -0.3 is 15.7 Å². The van der Waals surface area contributed by atoms with Gasteiger partial charge in [0.05, 0.1) is 12.2 Å². The molecule has 0 spiro atoms. The molecule has 1 aliphatic heterocycles. The summed E-state index contributed by atoms with van der Waals surface area (Å²) >= 11 is 6.27. The summed E-state index contributed by atoms with van der Waals surface area (Å²) in [7, 11) is 0. The molecule has 110 valence electrons. The number of nitrogens with zero attached hydrogens (tertiary/aromatic N) is 2. The largest absolute Gasteiger partial charge is 0.409 e. The summed E-state index contributed by atoms with van der Waals surface area (Å²) < 4.78 is 5.69. The number of morpholine rings is 1. The Hall–Kier alpha value is -1.30. The zero-order valence-corrected chi connectivity index (χ0v) is 12.5. The summed E-state index contributed by atoms with van der Waals surface area (Å²) in [6, 6.07) is 5.44. The SMILES string of the molecule is CC1(C)CN(Cc2ccc(/C(N)=N/O)cc2Cl)CCO1. The van der Waals surface area contributed by atoms with Crippen LogP contribution in [0, 0.1) is 0 Å². The van der Waals surface area contributed by atoms with Crippen LogP contribution in [0.15, 0.2) is 23.4 Å². The molecule has 1 saturated heterocycles. The third-order valence-electron chi connectivity index (χ3n) is 3.36. The van der Waals surface area contributed by atoms with Gasteiger partial charge in [0.1, 0.15) is 0 Å². The van der Waals surface area contributed by atoms with Crippen LogP contribution in [-0.4, -0.2) is 41.2 Å². The lowest BCUT2D eigenvalue weighted by Gasteiger charge is -2.38. The van der Waals surface area contributed by atoms with E-state index in [9.17, 15) is 0 Å². The van der Waals surface area contributed by atoms with Crippen LogP contribution < -0.4 is 5.73 Å². The highest BCUT2D eigenvalue weighted by molar-refractivity contribution is 6.31. The third kappa shape index (κ3) is 3.62. The van der Waals surface area contributed by atoms with Gasteiger partial charge in [-0.05, 0) is 25.5 Å². The fraction of sp³-hybridized carbons (Fsp3) is 0.500. The fourth-order valence-electron chi connectivity index (χ4n) is 2.38. The van der Waals surface area contributed by atoms with Gasteiger partial charge in [-0.3, -0.25) is 4.90 Å². The second kappa shape index (κ2) is 5.99. The summed E-state index contributed by atoms with van der Waals surface area (Å²) in [6.45, 7) is 7.42. The highest BCUT2D eigenvalue weighted by Crippen LogP contribution is 2.23. The van der Waals surface area contributed by atoms with Gasteiger partial charge >= 0.3 is 0 Å². The maximum absolute atomic E-state index is 8.66. The molecule has 1 aromatic carbocycles. The van der Waals surface area contributed by atoms with Gasteiger partial charge in [-0.2, -0.15) is 0 Å². The molecule has 0 saturated carbocycles. The molecule has 5 nitrogen and oxygen atoms in total. The highest BCUT2D eigenvalue weighted by Gasteiger charge is 2.27. The predicted molar refractivity (Wildman–Crippen MR) is 79.3 cm³/mol. The first kappa shape index (κ1) is 15.1. The molecule has 2 rings (SSSR count). The lowest BCUT2D eigenvalue weighted by molar-refractivity contribution is -0.0882. The number of benzene rings is 1.